The molecule has 192 valence electrons. The highest BCUT2D eigenvalue weighted by Crippen LogP contribution is 2.44. The van der Waals surface area contributed by atoms with E-state index in [4.69, 9.17) is 16.3 Å². The number of ether oxygens (including phenoxy) is 1. The molecule has 1 saturated heterocycles. The van der Waals surface area contributed by atoms with Crippen molar-refractivity contribution in [2.45, 2.75) is 58.7 Å². The highest BCUT2D eigenvalue weighted by atomic mass is 35.5. The van der Waals surface area contributed by atoms with Crippen LogP contribution in [0.2, 0.25) is 5.02 Å². The molecule has 2 aliphatic heterocycles. The molecule has 1 fully saturated rings. The number of halogens is 1. The topological polar surface area (TPSA) is 65.9 Å². The first-order chi connectivity index (χ1) is 17.2. The Morgan fingerprint density at radius 2 is 1.97 bits per heavy atom. The monoisotopic (exact) mass is 527 g/mol. The van der Waals surface area contributed by atoms with E-state index < -0.39 is 5.60 Å². The Hall–Kier alpha value is -2.35. The molecule has 1 N–H and O–H groups in total. The minimum absolute atomic E-state index is 0.0161. The summed E-state index contributed by atoms with van der Waals surface area (Å²) in [5.41, 5.74) is 5.26. The first-order valence-corrected chi connectivity index (χ1v) is 14.0. The van der Waals surface area contributed by atoms with Crippen LogP contribution in [-0.2, 0) is 17.8 Å². The molecule has 0 saturated carbocycles. The van der Waals surface area contributed by atoms with Crippen LogP contribution in [0.3, 0.4) is 0 Å². The van der Waals surface area contributed by atoms with Gasteiger partial charge in [-0.15, -0.1) is 11.3 Å². The number of aliphatic hydroxyl groups excluding tert-OH is 1. The molecule has 0 unspecified atom stereocenters. The zero-order valence-corrected chi connectivity index (χ0v) is 22.8. The summed E-state index contributed by atoms with van der Waals surface area (Å²) < 4.78 is 6.66. The number of fused-ring (bicyclic) bond motifs is 2. The first kappa shape index (κ1) is 25.3. The predicted octanol–water partition coefficient (Wildman–Crippen LogP) is 6.51. The lowest BCUT2D eigenvalue weighted by Gasteiger charge is -2.39. The van der Waals surface area contributed by atoms with E-state index in [1.54, 1.807) is 11.3 Å². The number of amides is 1. The Morgan fingerprint density at radius 1 is 1.19 bits per heavy atom. The number of aromatic nitrogens is 1. The van der Waals surface area contributed by atoms with Gasteiger partial charge in [0.2, 0.25) is 0 Å². The van der Waals surface area contributed by atoms with Crippen molar-refractivity contribution in [1.82, 2.24) is 9.88 Å². The maximum Gasteiger partial charge on any atom is 0.410 e. The molecule has 0 spiro atoms. The van der Waals surface area contributed by atoms with Gasteiger partial charge in [0.15, 0.2) is 0 Å². The lowest BCUT2D eigenvalue weighted by molar-refractivity contribution is 0.0186. The highest BCUT2D eigenvalue weighted by molar-refractivity contribution is 7.19. The van der Waals surface area contributed by atoms with Crippen molar-refractivity contribution in [2.75, 3.05) is 31.1 Å². The molecule has 0 bridgehead atoms. The summed E-state index contributed by atoms with van der Waals surface area (Å²) in [5, 5.41) is 10.4. The molecule has 0 radical (unpaired) electrons. The molecule has 6 nitrogen and oxygen atoms in total. The van der Waals surface area contributed by atoms with Crippen molar-refractivity contribution in [3.05, 3.63) is 45.9 Å². The van der Waals surface area contributed by atoms with E-state index in [0.717, 1.165) is 83.1 Å². The van der Waals surface area contributed by atoms with Gasteiger partial charge in [0.1, 0.15) is 5.60 Å². The highest BCUT2D eigenvalue weighted by Gasteiger charge is 2.30. The molecular formula is C28H34ClN3O3S. The number of thiophene rings is 1. The molecule has 2 aliphatic rings. The maximum atomic E-state index is 12.5. The average Bonchev–Trinajstić information content (AvgIpc) is 3.26. The first-order valence-electron chi connectivity index (χ1n) is 12.8. The summed E-state index contributed by atoms with van der Waals surface area (Å²) in [6.07, 6.45) is 5.69. The van der Waals surface area contributed by atoms with Crippen LogP contribution < -0.4 is 4.90 Å². The lowest BCUT2D eigenvalue weighted by Crippen LogP contribution is -2.44. The predicted molar refractivity (Wildman–Crippen MR) is 147 cm³/mol. The number of anilines is 1. The van der Waals surface area contributed by atoms with Crippen molar-refractivity contribution in [3.8, 4) is 11.1 Å². The van der Waals surface area contributed by atoms with Crippen LogP contribution in [0.1, 0.15) is 50.5 Å². The van der Waals surface area contributed by atoms with Crippen LogP contribution in [-0.4, -0.2) is 52.9 Å². The maximum absolute atomic E-state index is 12.5. The van der Waals surface area contributed by atoms with Crippen molar-refractivity contribution < 1.29 is 14.6 Å². The van der Waals surface area contributed by atoms with Crippen LogP contribution in [0, 0.1) is 5.92 Å². The van der Waals surface area contributed by atoms with Gasteiger partial charge in [-0.25, -0.2) is 4.79 Å². The van der Waals surface area contributed by atoms with Crippen LogP contribution in [0.15, 0.2) is 30.5 Å². The molecule has 3 aromatic rings. The third-order valence-electron chi connectivity index (χ3n) is 7.00. The van der Waals surface area contributed by atoms with Crippen LogP contribution >= 0.6 is 22.9 Å². The molecule has 0 aliphatic carbocycles. The van der Waals surface area contributed by atoms with Crippen molar-refractivity contribution in [3.63, 3.8) is 0 Å². The van der Waals surface area contributed by atoms with Gasteiger partial charge in [0.05, 0.1) is 16.8 Å². The summed E-state index contributed by atoms with van der Waals surface area (Å²) in [5.74, 6) is 0.512. The summed E-state index contributed by atoms with van der Waals surface area (Å²) in [7, 11) is 0. The standard InChI is InChI=1S/C28H34ClN3O3S/c1-28(2,3)35-27(34)31-11-7-18(8-12-31)16-32-10-4-5-19-13-20(29)14-23(25(19)32)22-6-9-30-24-15-21(17-33)36-26(22)24/h6,9,13-15,18,33H,4-5,7-8,10-12,16-17H2,1-3H3. The summed E-state index contributed by atoms with van der Waals surface area (Å²) >= 11 is 8.22. The van der Waals surface area contributed by atoms with E-state index in [0.29, 0.717) is 5.92 Å². The second-order valence-electron chi connectivity index (χ2n) is 10.9. The molecule has 0 atom stereocenters. The van der Waals surface area contributed by atoms with Gasteiger partial charge >= 0.3 is 6.09 Å². The van der Waals surface area contributed by atoms with Crippen LogP contribution in [0.25, 0.3) is 21.3 Å². The average molecular weight is 528 g/mol. The smallest absolute Gasteiger partial charge is 0.410 e. The fourth-order valence-corrected chi connectivity index (χ4v) is 6.64. The van der Waals surface area contributed by atoms with Crippen LogP contribution in [0.4, 0.5) is 10.5 Å². The molecule has 5 rings (SSSR count). The Morgan fingerprint density at radius 3 is 2.69 bits per heavy atom. The Labute approximate surface area is 221 Å². The van der Waals surface area contributed by atoms with E-state index in [2.05, 4.69) is 28.1 Å². The number of pyridine rings is 1. The van der Waals surface area contributed by atoms with E-state index in [1.165, 1.54) is 11.3 Å². The molecule has 36 heavy (non-hydrogen) atoms. The van der Waals surface area contributed by atoms with Crippen molar-refractivity contribution >= 4 is 44.9 Å². The van der Waals surface area contributed by atoms with Crippen LogP contribution in [0.5, 0.6) is 0 Å². The second kappa shape index (κ2) is 10.2. The van der Waals surface area contributed by atoms with Gasteiger partial charge in [0, 0.05) is 59.1 Å². The molecular weight excluding hydrogens is 494 g/mol. The molecule has 1 amide bonds. The Kier molecular flexibility index (Phi) is 7.16. The zero-order chi connectivity index (χ0) is 25.4. The van der Waals surface area contributed by atoms with Gasteiger partial charge in [-0.05, 0) is 82.2 Å². The number of rotatable bonds is 4. The number of aliphatic hydroxyl groups is 1. The normalized spacial score (nSPS) is 16.9. The van der Waals surface area contributed by atoms with Gasteiger partial charge in [-0.3, -0.25) is 4.98 Å². The summed E-state index contributed by atoms with van der Waals surface area (Å²) in [6, 6.07) is 8.23. The van der Waals surface area contributed by atoms with E-state index in [9.17, 15) is 9.90 Å². The van der Waals surface area contributed by atoms with E-state index >= 15 is 0 Å². The summed E-state index contributed by atoms with van der Waals surface area (Å²) in [4.78, 5) is 22.3. The largest absolute Gasteiger partial charge is 0.444 e. The minimum Gasteiger partial charge on any atom is -0.444 e. The van der Waals surface area contributed by atoms with Gasteiger partial charge in [0.25, 0.3) is 0 Å². The Bertz CT molecular complexity index is 1260. The zero-order valence-electron chi connectivity index (χ0n) is 21.2. The lowest BCUT2D eigenvalue weighted by atomic mass is 9.91. The van der Waals surface area contributed by atoms with Crippen molar-refractivity contribution in [1.29, 1.82) is 0 Å². The number of carbonyl (C=O) groups excluding carboxylic acids is 1. The number of carbonyl (C=O) groups is 1. The Balaban J connectivity index is 1.40. The fraction of sp³-hybridized carbons (Fsp3) is 0.500. The quantitative estimate of drug-likeness (QED) is 0.419. The molecule has 8 heteroatoms. The number of aryl methyl sites for hydroxylation is 1. The number of piperidine rings is 1. The van der Waals surface area contributed by atoms with E-state index in [1.807, 2.05) is 37.9 Å². The third-order valence-corrected chi connectivity index (χ3v) is 8.36. The second-order valence-corrected chi connectivity index (χ2v) is 12.4. The van der Waals surface area contributed by atoms with E-state index in [-0.39, 0.29) is 12.7 Å². The third kappa shape index (κ3) is 5.34. The van der Waals surface area contributed by atoms with Gasteiger partial charge in [-0.1, -0.05) is 11.6 Å². The number of benzene rings is 1. The molecule has 2 aromatic heterocycles. The molecule has 1 aromatic carbocycles. The minimum atomic E-state index is -0.470. The SMILES string of the molecule is CC(C)(C)OC(=O)N1CCC(CN2CCCc3cc(Cl)cc(-c4ccnc5cc(CO)sc45)c32)CC1. The molecule has 4 heterocycles. The van der Waals surface area contributed by atoms with Crippen molar-refractivity contribution in [2.24, 2.45) is 5.92 Å². The number of hydrogen-bond donors (Lipinski definition) is 1. The summed E-state index contributed by atoms with van der Waals surface area (Å²) in [6.45, 7) is 9.18. The van der Waals surface area contributed by atoms with Gasteiger partial charge < -0.3 is 19.6 Å². The fourth-order valence-electron chi connectivity index (χ4n) is 5.39. The number of likely N-dealkylation sites (tertiary alicyclic amines) is 1. The van der Waals surface area contributed by atoms with Gasteiger partial charge in [-0.2, -0.15) is 0 Å². The number of nitrogens with zero attached hydrogens (tertiary/aromatic N) is 3. The number of hydrogen-bond acceptors (Lipinski definition) is 6.